The quantitative estimate of drug-likeness (QED) is 0.599. The summed E-state index contributed by atoms with van der Waals surface area (Å²) >= 11 is 0. The van der Waals surface area contributed by atoms with Crippen LogP contribution in [0.3, 0.4) is 0 Å². The van der Waals surface area contributed by atoms with Crippen LogP contribution in [0.5, 0.6) is 11.6 Å². The van der Waals surface area contributed by atoms with Gasteiger partial charge in [0.25, 0.3) is 5.91 Å². The molecule has 27 heavy (non-hydrogen) atoms. The first-order valence-electron chi connectivity index (χ1n) is 8.72. The van der Waals surface area contributed by atoms with Crippen molar-refractivity contribution in [3.63, 3.8) is 0 Å². The van der Waals surface area contributed by atoms with Crippen molar-refractivity contribution in [3.05, 3.63) is 66.5 Å². The fourth-order valence-electron chi connectivity index (χ4n) is 3.07. The summed E-state index contributed by atoms with van der Waals surface area (Å²) in [5.41, 5.74) is -0.000927. The van der Waals surface area contributed by atoms with Gasteiger partial charge < -0.3 is 21.6 Å². The van der Waals surface area contributed by atoms with Crippen LogP contribution in [0.4, 0.5) is 8.78 Å². The van der Waals surface area contributed by atoms with Crippen molar-refractivity contribution in [2.45, 2.75) is 37.8 Å². The lowest BCUT2D eigenvalue weighted by Crippen LogP contribution is -2.41. The van der Waals surface area contributed by atoms with E-state index in [1.807, 2.05) is 0 Å². The highest BCUT2D eigenvalue weighted by molar-refractivity contribution is 5.96. The normalized spacial score (nSPS) is 19.2. The molecule has 1 aliphatic rings. The maximum atomic E-state index is 13.6. The molecule has 1 aromatic heterocycles. The van der Waals surface area contributed by atoms with E-state index in [4.69, 9.17) is 4.74 Å². The van der Waals surface area contributed by atoms with E-state index in [0.717, 1.165) is 37.9 Å². The van der Waals surface area contributed by atoms with Crippen molar-refractivity contribution >= 4 is 5.91 Å². The highest BCUT2D eigenvalue weighted by Gasteiger charge is 2.23. The molecule has 0 unspecified atom stereocenters. The molecule has 1 aliphatic carbocycles. The van der Waals surface area contributed by atoms with Crippen molar-refractivity contribution < 1.29 is 18.3 Å². The Morgan fingerprint density at radius 1 is 1.11 bits per heavy atom. The van der Waals surface area contributed by atoms with Crippen LogP contribution in [0.15, 0.2) is 43.1 Å². The Balaban J connectivity index is 1.69. The minimum atomic E-state index is -0.638. The molecule has 1 saturated carbocycles. The van der Waals surface area contributed by atoms with Gasteiger partial charge in [0.05, 0.1) is 6.20 Å². The highest BCUT2D eigenvalue weighted by atomic mass is 19.1. The Morgan fingerprint density at radius 3 is 2.44 bits per heavy atom. The molecule has 0 aliphatic heterocycles. The zero-order valence-corrected chi connectivity index (χ0v) is 14.7. The topological polar surface area (TPSA) is 63.2 Å². The number of pyridine rings is 1. The van der Waals surface area contributed by atoms with Crippen molar-refractivity contribution in [3.8, 4) is 11.6 Å². The minimum absolute atomic E-state index is 0.000927. The van der Waals surface area contributed by atoms with Gasteiger partial charge in [-0.3, -0.25) is 11.4 Å². The Hall–Kier alpha value is -2.96. The van der Waals surface area contributed by atoms with Gasteiger partial charge in [0.15, 0.2) is 0 Å². The number of aromatic nitrogens is 1. The maximum Gasteiger partial charge on any atom is 0.257 e. The second-order valence-corrected chi connectivity index (χ2v) is 6.41. The van der Waals surface area contributed by atoms with E-state index in [9.17, 15) is 13.6 Å². The van der Waals surface area contributed by atoms with Gasteiger partial charge in [-0.15, -0.1) is 0 Å². The molecule has 1 amide bonds. The molecule has 1 heterocycles. The Morgan fingerprint density at radius 2 is 1.78 bits per heavy atom. The number of hydrogen-bond acceptors (Lipinski definition) is 4. The summed E-state index contributed by atoms with van der Waals surface area (Å²) in [6, 6.07) is 6.66. The average Bonchev–Trinajstić information content (AvgIpc) is 2.66. The van der Waals surface area contributed by atoms with Crippen molar-refractivity contribution in [1.82, 2.24) is 15.6 Å². The molecular weight excluding hydrogens is 352 g/mol. The maximum absolute atomic E-state index is 13.6. The van der Waals surface area contributed by atoms with E-state index in [1.54, 1.807) is 0 Å². The van der Waals surface area contributed by atoms with Crippen LogP contribution in [-0.2, 0) is 0 Å². The Kier molecular flexibility index (Phi) is 6.01. The second kappa shape index (κ2) is 8.62. The van der Waals surface area contributed by atoms with Crippen LogP contribution >= 0.6 is 0 Å². The number of benzene rings is 1. The van der Waals surface area contributed by atoms with E-state index in [1.165, 1.54) is 24.3 Å². The zero-order chi connectivity index (χ0) is 19.2. The number of rotatable bonds is 6. The molecule has 0 atom stereocenters. The van der Waals surface area contributed by atoms with Gasteiger partial charge in [0, 0.05) is 6.04 Å². The third kappa shape index (κ3) is 5.03. The van der Waals surface area contributed by atoms with Gasteiger partial charge >= 0.3 is 0 Å². The molecule has 2 N–H and O–H groups in total. The van der Waals surface area contributed by atoms with E-state index in [2.05, 4.69) is 28.4 Å². The van der Waals surface area contributed by atoms with E-state index in [0.29, 0.717) is 11.8 Å². The van der Waals surface area contributed by atoms with Crippen LogP contribution in [0.2, 0.25) is 0 Å². The molecule has 1 fully saturated rings. The summed E-state index contributed by atoms with van der Waals surface area (Å²) in [5, 5.41) is 5.97. The smallest absolute Gasteiger partial charge is 0.257 e. The Bertz CT molecular complexity index is 803. The van der Waals surface area contributed by atoms with Crippen molar-refractivity contribution in [2.75, 3.05) is 0 Å². The number of hydrogen-bond donors (Lipinski definition) is 2. The second-order valence-electron chi connectivity index (χ2n) is 6.41. The number of nitrogens with zero attached hydrogens (tertiary/aromatic N) is 1. The fraction of sp³-hybridized carbons (Fsp3) is 0.300. The van der Waals surface area contributed by atoms with Crippen molar-refractivity contribution in [1.29, 1.82) is 0 Å². The van der Waals surface area contributed by atoms with E-state index < -0.39 is 17.5 Å². The van der Waals surface area contributed by atoms with Crippen LogP contribution < -0.4 is 15.4 Å². The lowest BCUT2D eigenvalue weighted by atomic mass is 9.91. The van der Waals surface area contributed by atoms with Crippen LogP contribution in [0.1, 0.15) is 36.0 Å². The average molecular weight is 372 g/mol. The number of halogens is 2. The van der Waals surface area contributed by atoms with Crippen LogP contribution in [-0.4, -0.2) is 23.0 Å². The van der Waals surface area contributed by atoms with Crippen molar-refractivity contribution in [2.24, 2.45) is 0 Å². The summed E-state index contributed by atoms with van der Waals surface area (Å²) in [7, 11) is 0. The number of amides is 1. The summed E-state index contributed by atoms with van der Waals surface area (Å²) in [4.78, 5) is 16.5. The fourth-order valence-corrected chi connectivity index (χ4v) is 3.07. The predicted octanol–water partition coefficient (Wildman–Crippen LogP) is 3.73. The Labute approximate surface area is 156 Å². The van der Waals surface area contributed by atoms with Gasteiger partial charge in [-0.05, 0) is 62.1 Å². The summed E-state index contributed by atoms with van der Waals surface area (Å²) < 4.78 is 32.2. The molecule has 0 bridgehead atoms. The lowest BCUT2D eigenvalue weighted by Gasteiger charge is -2.33. The first-order chi connectivity index (χ1) is 13.0. The van der Waals surface area contributed by atoms with Gasteiger partial charge in [-0.25, -0.2) is 13.8 Å². The summed E-state index contributed by atoms with van der Waals surface area (Å²) in [6.07, 6.45) is 7.01. The van der Waals surface area contributed by atoms with Crippen LogP contribution in [0, 0.1) is 17.8 Å². The van der Waals surface area contributed by atoms with E-state index >= 15 is 0 Å². The largest absolute Gasteiger partial charge is 0.565 e. The first-order valence-corrected chi connectivity index (χ1v) is 8.72. The van der Waals surface area contributed by atoms with Gasteiger partial charge in [0.1, 0.15) is 22.9 Å². The molecule has 142 valence electrons. The minimum Gasteiger partial charge on any atom is -0.565 e. The van der Waals surface area contributed by atoms with Gasteiger partial charge in [-0.2, -0.15) is 0 Å². The monoisotopic (exact) mass is 372 g/mol. The SMILES string of the molecule is C=[C-]NC1CCC(NC(=O)c2cc(F)cnc2Oc2ccc(F)cc2)CC1. The van der Waals surface area contributed by atoms with Gasteiger partial charge in [0.2, 0.25) is 5.88 Å². The third-order valence-corrected chi connectivity index (χ3v) is 4.46. The number of ether oxygens (including phenoxy) is 1. The lowest BCUT2D eigenvalue weighted by molar-refractivity contribution is 0.0921. The molecule has 0 spiro atoms. The predicted molar refractivity (Wildman–Crippen MR) is 96.2 cm³/mol. The molecule has 0 saturated heterocycles. The molecule has 0 radical (unpaired) electrons. The molecule has 2 aromatic rings. The standard InChI is InChI=1S/C20H20F2N3O2/c1-2-23-15-5-7-16(8-6-15)25-19(26)18-11-14(22)12-24-20(18)27-17-9-3-13(21)4-10-17/h3-4,9-12,15-16,23H,1,5-8H2,(H,25,26)/q-1. The van der Waals surface area contributed by atoms with E-state index in [-0.39, 0.29) is 17.5 Å². The molecule has 7 heteroatoms. The molecule has 5 nitrogen and oxygen atoms in total. The summed E-state index contributed by atoms with van der Waals surface area (Å²) in [6.45, 7) is 3.54. The zero-order valence-electron chi connectivity index (χ0n) is 14.7. The van der Waals surface area contributed by atoms with Gasteiger partial charge in [-0.1, -0.05) is 0 Å². The summed E-state index contributed by atoms with van der Waals surface area (Å²) in [5.74, 6) is -1.23. The first kappa shape index (κ1) is 18.8. The number of carbonyl (C=O) groups is 1. The molecule has 1 aromatic carbocycles. The number of nitrogens with one attached hydrogen (secondary N) is 2. The number of carbonyl (C=O) groups excluding carboxylic acids is 1. The third-order valence-electron chi connectivity index (χ3n) is 4.46. The van der Waals surface area contributed by atoms with Crippen LogP contribution in [0.25, 0.3) is 0 Å². The molecule has 3 rings (SSSR count). The highest BCUT2D eigenvalue weighted by Crippen LogP contribution is 2.25. The molecular formula is C20H20F2N3O2-.